The molecule has 0 amide bonds. The quantitative estimate of drug-likeness (QED) is 0.431. The smallest absolute Gasteiger partial charge is 0.119 e. The summed E-state index contributed by atoms with van der Waals surface area (Å²) >= 11 is 0. The number of unbranched alkanes of at least 4 members (excludes halogenated alkanes) is 2. The lowest BCUT2D eigenvalue weighted by atomic mass is 9.51. The Morgan fingerprint density at radius 1 is 1.06 bits per heavy atom. The SMILES string of the molecule is CCCCOc1ccc2c(c1)CCC1C2[C@@H](CCO)CC2(C)C(OCCCC)CCC12. The minimum atomic E-state index is 0.273. The van der Waals surface area contributed by atoms with Crippen LogP contribution >= 0.6 is 0 Å². The number of aryl methyl sites for hydroxylation is 1. The third kappa shape index (κ3) is 4.55. The molecule has 31 heavy (non-hydrogen) atoms. The molecule has 0 bridgehead atoms. The molecule has 0 saturated heterocycles. The topological polar surface area (TPSA) is 38.7 Å². The first-order chi connectivity index (χ1) is 15.1. The summed E-state index contributed by atoms with van der Waals surface area (Å²) in [5, 5.41) is 9.93. The highest BCUT2D eigenvalue weighted by Gasteiger charge is 2.58. The molecule has 1 N–H and O–H groups in total. The van der Waals surface area contributed by atoms with Gasteiger partial charge >= 0.3 is 0 Å². The Bertz CT molecular complexity index is 716. The van der Waals surface area contributed by atoms with Crippen LogP contribution in [0.3, 0.4) is 0 Å². The summed E-state index contributed by atoms with van der Waals surface area (Å²) in [6.07, 6.45) is 12.1. The van der Waals surface area contributed by atoms with Gasteiger partial charge in [-0.1, -0.05) is 39.7 Å². The van der Waals surface area contributed by atoms with Crippen LogP contribution in [0.4, 0.5) is 0 Å². The second-order valence-corrected chi connectivity index (χ2v) is 10.7. The standard InChI is InChI=1S/C28H44O3/c1-4-6-16-30-22-9-11-23-20(18-22)8-10-24-25-12-13-26(31-17-7-5-2)28(25,3)19-21(14-15-29)27(23)24/h9,11,18,21,24-27,29H,4-8,10,12-17,19H2,1-3H3/t21-,24?,25?,26?,27?,28?/m0/s1. The van der Waals surface area contributed by atoms with Gasteiger partial charge in [-0.2, -0.15) is 0 Å². The molecule has 0 heterocycles. The van der Waals surface area contributed by atoms with Crippen LogP contribution in [0.15, 0.2) is 18.2 Å². The van der Waals surface area contributed by atoms with E-state index in [1.54, 1.807) is 5.56 Å². The maximum atomic E-state index is 9.93. The molecule has 2 saturated carbocycles. The monoisotopic (exact) mass is 428 g/mol. The number of ether oxygens (including phenoxy) is 2. The van der Waals surface area contributed by atoms with Gasteiger partial charge in [0, 0.05) is 13.2 Å². The van der Waals surface area contributed by atoms with E-state index in [9.17, 15) is 5.11 Å². The molecule has 0 aromatic heterocycles. The summed E-state index contributed by atoms with van der Waals surface area (Å²) < 4.78 is 12.5. The Morgan fingerprint density at radius 2 is 1.87 bits per heavy atom. The van der Waals surface area contributed by atoms with Crippen LogP contribution in [-0.2, 0) is 11.2 Å². The Labute approximate surface area is 189 Å². The van der Waals surface area contributed by atoms with Crippen LogP contribution in [0.25, 0.3) is 0 Å². The van der Waals surface area contributed by atoms with E-state index in [0.29, 0.717) is 24.5 Å². The second kappa shape index (κ2) is 10.3. The van der Waals surface area contributed by atoms with Crippen molar-refractivity contribution >= 4 is 0 Å². The molecule has 0 spiro atoms. The van der Waals surface area contributed by atoms with Crippen molar-refractivity contribution in [1.29, 1.82) is 0 Å². The summed E-state index contributed by atoms with van der Waals surface area (Å²) in [6.45, 7) is 8.98. The Hall–Kier alpha value is -1.06. The van der Waals surface area contributed by atoms with Gasteiger partial charge in [-0.3, -0.25) is 0 Å². The van der Waals surface area contributed by atoms with Crippen molar-refractivity contribution in [1.82, 2.24) is 0 Å². The molecule has 3 nitrogen and oxygen atoms in total. The third-order valence-corrected chi connectivity index (χ3v) is 8.81. The number of rotatable bonds is 10. The number of hydrogen-bond donors (Lipinski definition) is 1. The van der Waals surface area contributed by atoms with E-state index in [0.717, 1.165) is 43.6 Å². The summed E-state index contributed by atoms with van der Waals surface area (Å²) in [5.41, 5.74) is 3.32. The van der Waals surface area contributed by atoms with Gasteiger partial charge in [-0.25, -0.2) is 0 Å². The fourth-order valence-electron chi connectivity index (χ4n) is 7.33. The second-order valence-electron chi connectivity index (χ2n) is 10.7. The van der Waals surface area contributed by atoms with E-state index >= 15 is 0 Å². The van der Waals surface area contributed by atoms with E-state index in [4.69, 9.17) is 9.47 Å². The molecule has 3 aliphatic carbocycles. The van der Waals surface area contributed by atoms with Crippen LogP contribution in [0, 0.1) is 23.2 Å². The van der Waals surface area contributed by atoms with Crippen LogP contribution in [0.1, 0.15) is 95.6 Å². The molecule has 5 unspecified atom stereocenters. The lowest BCUT2D eigenvalue weighted by Gasteiger charge is -2.54. The molecule has 3 heteroatoms. The zero-order valence-corrected chi connectivity index (χ0v) is 20.1. The van der Waals surface area contributed by atoms with E-state index in [1.807, 2.05) is 0 Å². The number of aliphatic hydroxyl groups excluding tert-OH is 1. The average Bonchev–Trinajstić information content (AvgIpc) is 3.10. The number of fused-ring (bicyclic) bond motifs is 5. The fraction of sp³-hybridized carbons (Fsp3) is 0.786. The highest BCUT2D eigenvalue weighted by atomic mass is 16.5. The lowest BCUT2D eigenvalue weighted by Crippen LogP contribution is -2.48. The first-order valence-corrected chi connectivity index (χ1v) is 13.1. The van der Waals surface area contributed by atoms with Crippen molar-refractivity contribution in [3.8, 4) is 5.75 Å². The first-order valence-electron chi connectivity index (χ1n) is 13.1. The van der Waals surface area contributed by atoms with Gasteiger partial charge in [-0.05, 0) is 104 Å². The summed E-state index contributed by atoms with van der Waals surface area (Å²) in [4.78, 5) is 0. The highest BCUT2D eigenvalue weighted by molar-refractivity contribution is 5.41. The maximum Gasteiger partial charge on any atom is 0.119 e. The van der Waals surface area contributed by atoms with E-state index in [1.165, 1.54) is 56.9 Å². The Morgan fingerprint density at radius 3 is 2.65 bits per heavy atom. The molecule has 1 aromatic carbocycles. The van der Waals surface area contributed by atoms with Crippen LogP contribution < -0.4 is 4.74 Å². The van der Waals surface area contributed by atoms with Crippen molar-refractivity contribution in [2.45, 2.75) is 97.0 Å². The largest absolute Gasteiger partial charge is 0.494 e. The third-order valence-electron chi connectivity index (χ3n) is 8.81. The molecule has 174 valence electrons. The Kier molecular flexibility index (Phi) is 7.64. The molecular formula is C28H44O3. The zero-order valence-electron chi connectivity index (χ0n) is 20.1. The maximum absolute atomic E-state index is 9.93. The van der Waals surface area contributed by atoms with Crippen LogP contribution in [0.5, 0.6) is 5.75 Å². The lowest BCUT2D eigenvalue weighted by molar-refractivity contribution is -0.0837. The van der Waals surface area contributed by atoms with Crippen molar-refractivity contribution in [3.63, 3.8) is 0 Å². The normalized spacial score (nSPS) is 34.1. The summed E-state index contributed by atoms with van der Waals surface area (Å²) in [6, 6.07) is 6.88. The van der Waals surface area contributed by atoms with Gasteiger partial charge in [0.05, 0.1) is 12.7 Å². The molecule has 0 radical (unpaired) electrons. The van der Waals surface area contributed by atoms with Crippen molar-refractivity contribution in [2.75, 3.05) is 19.8 Å². The predicted octanol–water partition coefficient (Wildman–Crippen LogP) is 6.52. The van der Waals surface area contributed by atoms with Crippen molar-refractivity contribution < 1.29 is 14.6 Å². The van der Waals surface area contributed by atoms with E-state index in [2.05, 4.69) is 39.0 Å². The van der Waals surface area contributed by atoms with Gasteiger partial charge in [0.2, 0.25) is 0 Å². The first kappa shape index (κ1) is 23.1. The van der Waals surface area contributed by atoms with Crippen molar-refractivity contribution in [3.05, 3.63) is 29.3 Å². The minimum Gasteiger partial charge on any atom is -0.494 e. The molecule has 1 aromatic rings. The molecule has 4 rings (SSSR count). The zero-order chi connectivity index (χ0) is 21.8. The van der Waals surface area contributed by atoms with Crippen LogP contribution in [0.2, 0.25) is 0 Å². The van der Waals surface area contributed by atoms with E-state index in [-0.39, 0.29) is 5.41 Å². The van der Waals surface area contributed by atoms with Gasteiger partial charge in [-0.15, -0.1) is 0 Å². The number of benzene rings is 1. The van der Waals surface area contributed by atoms with Crippen molar-refractivity contribution in [2.24, 2.45) is 23.2 Å². The summed E-state index contributed by atoms with van der Waals surface area (Å²) in [7, 11) is 0. The number of hydrogen-bond acceptors (Lipinski definition) is 3. The predicted molar refractivity (Wildman–Crippen MR) is 127 cm³/mol. The molecular weight excluding hydrogens is 384 g/mol. The van der Waals surface area contributed by atoms with Crippen LogP contribution in [-0.4, -0.2) is 31.0 Å². The fourth-order valence-corrected chi connectivity index (χ4v) is 7.33. The number of aliphatic hydroxyl groups is 1. The highest BCUT2D eigenvalue weighted by Crippen LogP contribution is 2.64. The van der Waals surface area contributed by atoms with Gasteiger partial charge in [0.15, 0.2) is 0 Å². The average molecular weight is 429 g/mol. The summed E-state index contributed by atoms with van der Waals surface area (Å²) in [5.74, 6) is 3.67. The molecule has 6 atom stereocenters. The molecule has 3 aliphatic rings. The molecule has 0 aliphatic heterocycles. The van der Waals surface area contributed by atoms with E-state index < -0.39 is 0 Å². The molecule has 2 fully saturated rings. The van der Waals surface area contributed by atoms with Gasteiger partial charge in [0.25, 0.3) is 0 Å². The Balaban J connectivity index is 1.57. The van der Waals surface area contributed by atoms with Gasteiger partial charge < -0.3 is 14.6 Å². The minimum absolute atomic E-state index is 0.273. The van der Waals surface area contributed by atoms with Gasteiger partial charge in [0.1, 0.15) is 5.75 Å².